The molecule has 0 N–H and O–H groups in total. The van der Waals surface area contributed by atoms with Crippen LogP contribution in [0.1, 0.15) is 20.3 Å². The second-order valence-electron chi connectivity index (χ2n) is 2.55. The van der Waals surface area contributed by atoms with Gasteiger partial charge in [0.1, 0.15) is 0 Å². The van der Waals surface area contributed by atoms with Crippen molar-refractivity contribution in [2.24, 2.45) is 11.8 Å². The van der Waals surface area contributed by atoms with E-state index in [0.717, 1.165) is 12.2 Å². The Kier molecular flexibility index (Phi) is 4.71. The van der Waals surface area contributed by atoms with Crippen LogP contribution in [0.2, 0.25) is 0 Å². The molecule has 0 saturated carbocycles. The van der Waals surface area contributed by atoms with E-state index < -0.39 is 0 Å². The number of hydrogen-bond donors (Lipinski definition) is 1. The molecule has 0 radical (unpaired) electrons. The molecule has 0 heterocycles. The first-order valence-electron chi connectivity index (χ1n) is 3.26. The third kappa shape index (κ3) is 3.48. The van der Waals surface area contributed by atoms with Crippen LogP contribution in [-0.2, 0) is 0 Å². The SMILES string of the molecule is C#CCC(C)C(C)CS. The van der Waals surface area contributed by atoms with Crippen LogP contribution in [0.15, 0.2) is 0 Å². The van der Waals surface area contributed by atoms with Crippen molar-refractivity contribution >= 4 is 12.6 Å². The largest absolute Gasteiger partial charge is 0.179 e. The average molecular weight is 142 g/mol. The molecule has 2 atom stereocenters. The van der Waals surface area contributed by atoms with Crippen molar-refractivity contribution in [3.05, 3.63) is 0 Å². The number of hydrogen-bond acceptors (Lipinski definition) is 1. The van der Waals surface area contributed by atoms with Crippen LogP contribution in [0.5, 0.6) is 0 Å². The second kappa shape index (κ2) is 4.76. The van der Waals surface area contributed by atoms with Gasteiger partial charge in [-0.25, -0.2) is 0 Å². The highest BCUT2D eigenvalue weighted by Crippen LogP contribution is 2.14. The maximum atomic E-state index is 5.15. The maximum Gasteiger partial charge on any atom is 0.0115 e. The van der Waals surface area contributed by atoms with Gasteiger partial charge in [0.25, 0.3) is 0 Å². The average Bonchev–Trinajstić information content (AvgIpc) is 1.87. The van der Waals surface area contributed by atoms with Crippen molar-refractivity contribution in [1.29, 1.82) is 0 Å². The first-order valence-corrected chi connectivity index (χ1v) is 3.90. The molecule has 0 rings (SSSR count). The van der Waals surface area contributed by atoms with Crippen LogP contribution in [-0.4, -0.2) is 5.75 Å². The summed E-state index contributed by atoms with van der Waals surface area (Å²) in [6, 6.07) is 0. The van der Waals surface area contributed by atoms with Gasteiger partial charge in [-0.15, -0.1) is 12.3 Å². The van der Waals surface area contributed by atoms with E-state index in [4.69, 9.17) is 6.42 Å². The van der Waals surface area contributed by atoms with E-state index in [0.29, 0.717) is 11.8 Å². The Morgan fingerprint density at radius 1 is 1.44 bits per heavy atom. The first kappa shape index (κ1) is 8.91. The van der Waals surface area contributed by atoms with Crippen molar-refractivity contribution in [2.75, 3.05) is 5.75 Å². The van der Waals surface area contributed by atoms with Gasteiger partial charge in [0, 0.05) is 6.42 Å². The van der Waals surface area contributed by atoms with E-state index in [1.165, 1.54) is 0 Å². The molecule has 0 nitrogen and oxygen atoms in total. The van der Waals surface area contributed by atoms with Gasteiger partial charge in [0.15, 0.2) is 0 Å². The molecule has 52 valence electrons. The molecule has 2 unspecified atom stereocenters. The van der Waals surface area contributed by atoms with Gasteiger partial charge in [-0.2, -0.15) is 12.6 Å². The summed E-state index contributed by atoms with van der Waals surface area (Å²) >= 11 is 4.18. The Labute approximate surface area is 63.4 Å². The van der Waals surface area contributed by atoms with Crippen molar-refractivity contribution in [1.82, 2.24) is 0 Å². The lowest BCUT2D eigenvalue weighted by Crippen LogP contribution is -2.08. The quantitative estimate of drug-likeness (QED) is 0.453. The number of terminal acetylenes is 1. The fourth-order valence-electron chi connectivity index (χ4n) is 0.567. The Hall–Kier alpha value is -0.0900. The minimum atomic E-state index is 0.618. The summed E-state index contributed by atoms with van der Waals surface area (Å²) in [7, 11) is 0. The van der Waals surface area contributed by atoms with Crippen LogP contribution in [0.3, 0.4) is 0 Å². The molecule has 1 heteroatoms. The zero-order valence-corrected chi connectivity index (χ0v) is 6.99. The highest BCUT2D eigenvalue weighted by molar-refractivity contribution is 7.80. The Morgan fingerprint density at radius 3 is 2.33 bits per heavy atom. The van der Waals surface area contributed by atoms with E-state index in [2.05, 4.69) is 32.4 Å². The molecule has 0 bridgehead atoms. The summed E-state index contributed by atoms with van der Waals surface area (Å²) in [5.74, 6) is 4.84. The zero-order valence-electron chi connectivity index (χ0n) is 6.09. The van der Waals surface area contributed by atoms with Crippen molar-refractivity contribution in [3.8, 4) is 12.3 Å². The summed E-state index contributed by atoms with van der Waals surface area (Å²) in [4.78, 5) is 0. The van der Waals surface area contributed by atoms with E-state index in [1.54, 1.807) is 0 Å². The maximum absolute atomic E-state index is 5.15. The number of rotatable bonds is 3. The van der Waals surface area contributed by atoms with Crippen LogP contribution in [0.25, 0.3) is 0 Å². The van der Waals surface area contributed by atoms with Crippen LogP contribution >= 0.6 is 12.6 Å². The smallest absolute Gasteiger partial charge is 0.0115 e. The van der Waals surface area contributed by atoms with Gasteiger partial charge >= 0.3 is 0 Å². The molecule has 0 aromatic heterocycles. The normalized spacial score (nSPS) is 16.2. The fraction of sp³-hybridized carbons (Fsp3) is 0.750. The van der Waals surface area contributed by atoms with E-state index in [1.807, 2.05) is 0 Å². The molecule has 0 saturated heterocycles. The van der Waals surface area contributed by atoms with Gasteiger partial charge in [-0.1, -0.05) is 13.8 Å². The molecular formula is C8H14S. The molecular weight excluding hydrogens is 128 g/mol. The standard InChI is InChI=1S/C8H14S/c1-4-5-7(2)8(3)6-9/h1,7-9H,5-6H2,2-3H3. The first-order chi connectivity index (χ1) is 4.22. The summed E-state index contributed by atoms with van der Waals surface area (Å²) < 4.78 is 0. The Morgan fingerprint density at radius 2 is 2.00 bits per heavy atom. The van der Waals surface area contributed by atoms with Gasteiger partial charge in [0.2, 0.25) is 0 Å². The Balaban J connectivity index is 3.48. The van der Waals surface area contributed by atoms with Gasteiger partial charge in [-0.05, 0) is 17.6 Å². The minimum absolute atomic E-state index is 0.618. The molecule has 0 aliphatic rings. The highest BCUT2D eigenvalue weighted by Gasteiger charge is 2.07. The van der Waals surface area contributed by atoms with Gasteiger partial charge in [-0.3, -0.25) is 0 Å². The third-order valence-corrected chi connectivity index (χ3v) is 2.28. The van der Waals surface area contributed by atoms with E-state index in [9.17, 15) is 0 Å². The molecule has 9 heavy (non-hydrogen) atoms. The fourth-order valence-corrected chi connectivity index (χ4v) is 0.927. The molecule has 0 amide bonds. The molecule has 0 aliphatic carbocycles. The summed E-state index contributed by atoms with van der Waals surface area (Å²) in [6.07, 6.45) is 6.02. The molecule has 0 fully saturated rings. The lowest BCUT2D eigenvalue weighted by Gasteiger charge is -2.13. The molecule has 0 spiro atoms. The topological polar surface area (TPSA) is 0 Å². The highest BCUT2D eigenvalue weighted by atomic mass is 32.1. The zero-order chi connectivity index (χ0) is 7.28. The number of thiol groups is 1. The van der Waals surface area contributed by atoms with E-state index in [-0.39, 0.29) is 0 Å². The molecule has 0 aliphatic heterocycles. The third-order valence-electron chi connectivity index (χ3n) is 1.70. The predicted octanol–water partition coefficient (Wildman–Crippen LogP) is 2.21. The molecule has 0 aromatic rings. The van der Waals surface area contributed by atoms with Gasteiger partial charge < -0.3 is 0 Å². The lowest BCUT2D eigenvalue weighted by molar-refractivity contribution is 0.437. The summed E-state index contributed by atoms with van der Waals surface area (Å²) in [5.41, 5.74) is 0. The minimum Gasteiger partial charge on any atom is -0.179 e. The van der Waals surface area contributed by atoms with Gasteiger partial charge in [0.05, 0.1) is 0 Å². The van der Waals surface area contributed by atoms with Crippen LogP contribution in [0, 0.1) is 24.2 Å². The van der Waals surface area contributed by atoms with E-state index >= 15 is 0 Å². The van der Waals surface area contributed by atoms with Crippen molar-refractivity contribution in [3.63, 3.8) is 0 Å². The lowest BCUT2D eigenvalue weighted by atomic mass is 9.95. The second-order valence-corrected chi connectivity index (χ2v) is 2.91. The van der Waals surface area contributed by atoms with Crippen LogP contribution in [0.4, 0.5) is 0 Å². The monoisotopic (exact) mass is 142 g/mol. The van der Waals surface area contributed by atoms with Crippen molar-refractivity contribution in [2.45, 2.75) is 20.3 Å². The molecule has 0 aromatic carbocycles. The summed E-state index contributed by atoms with van der Waals surface area (Å²) in [5, 5.41) is 0. The summed E-state index contributed by atoms with van der Waals surface area (Å²) in [6.45, 7) is 4.34. The van der Waals surface area contributed by atoms with Crippen LogP contribution < -0.4 is 0 Å². The predicted molar refractivity (Wildman–Crippen MR) is 45.6 cm³/mol. The van der Waals surface area contributed by atoms with Crippen molar-refractivity contribution < 1.29 is 0 Å². The Bertz CT molecular complexity index is 102.